The fourth-order valence-electron chi connectivity index (χ4n) is 4.26. The number of dihydropyridines is 1. The first kappa shape index (κ1) is 19.5. The molecule has 1 aromatic heterocycles. The Bertz CT molecular complexity index is 1020. The van der Waals surface area contributed by atoms with Gasteiger partial charge in [0.1, 0.15) is 5.76 Å². The highest BCUT2D eigenvalue weighted by Gasteiger charge is 2.42. The Morgan fingerprint density at radius 1 is 1.24 bits per heavy atom. The lowest BCUT2D eigenvalue weighted by molar-refractivity contribution is -0.138. The molecule has 2 atom stereocenters. The van der Waals surface area contributed by atoms with E-state index in [1.54, 1.807) is 19.3 Å². The zero-order valence-corrected chi connectivity index (χ0v) is 17.1. The second-order valence-electron chi connectivity index (χ2n) is 7.27. The van der Waals surface area contributed by atoms with Crippen LogP contribution in [0.15, 0.2) is 69.6 Å². The van der Waals surface area contributed by atoms with E-state index in [1.807, 2.05) is 37.3 Å². The number of benzene rings is 1. The van der Waals surface area contributed by atoms with Crippen molar-refractivity contribution in [2.45, 2.75) is 38.5 Å². The summed E-state index contributed by atoms with van der Waals surface area (Å²) in [6.45, 7) is 3.85. The van der Waals surface area contributed by atoms with Crippen LogP contribution >= 0.6 is 11.6 Å². The highest BCUT2D eigenvalue weighted by molar-refractivity contribution is 6.31. The van der Waals surface area contributed by atoms with Crippen LogP contribution in [0, 0.1) is 0 Å². The molecule has 1 N–H and O–H groups in total. The maximum atomic E-state index is 13.3. The average Bonchev–Trinajstić information content (AvgIpc) is 3.22. The van der Waals surface area contributed by atoms with Gasteiger partial charge in [-0.25, -0.2) is 4.79 Å². The van der Waals surface area contributed by atoms with E-state index in [9.17, 15) is 9.59 Å². The molecule has 2 heterocycles. The van der Waals surface area contributed by atoms with Gasteiger partial charge in [-0.15, -0.1) is 0 Å². The summed E-state index contributed by atoms with van der Waals surface area (Å²) in [5.74, 6) is -0.246. The summed E-state index contributed by atoms with van der Waals surface area (Å²) in [6, 6.07) is 11.1. The van der Waals surface area contributed by atoms with Crippen molar-refractivity contribution in [3.63, 3.8) is 0 Å². The summed E-state index contributed by atoms with van der Waals surface area (Å²) < 4.78 is 10.8. The normalized spacial score (nSPS) is 21.7. The van der Waals surface area contributed by atoms with Crippen molar-refractivity contribution in [2.75, 3.05) is 6.61 Å². The lowest BCUT2D eigenvalue weighted by atomic mass is 9.72. The molecule has 0 spiro atoms. The zero-order chi connectivity index (χ0) is 20.5. The maximum absolute atomic E-state index is 13.3. The summed E-state index contributed by atoms with van der Waals surface area (Å²) in [4.78, 5) is 26.1. The Balaban J connectivity index is 1.83. The van der Waals surface area contributed by atoms with Crippen LogP contribution in [-0.2, 0) is 14.3 Å². The van der Waals surface area contributed by atoms with Crippen LogP contribution in [0.1, 0.15) is 49.8 Å². The second-order valence-corrected chi connectivity index (χ2v) is 7.68. The Hall–Kier alpha value is -2.79. The first-order valence-electron chi connectivity index (χ1n) is 9.70. The first-order valence-corrected chi connectivity index (χ1v) is 10.1. The predicted molar refractivity (Wildman–Crippen MR) is 109 cm³/mol. The van der Waals surface area contributed by atoms with E-state index in [-0.39, 0.29) is 18.3 Å². The lowest BCUT2D eigenvalue weighted by Gasteiger charge is -2.36. The van der Waals surface area contributed by atoms with Gasteiger partial charge >= 0.3 is 5.97 Å². The molecule has 0 fully saturated rings. The molecule has 2 aromatic rings. The van der Waals surface area contributed by atoms with E-state index in [0.29, 0.717) is 34.7 Å². The standard InChI is InChI=1S/C23H22ClNO4/c1-3-28-23(27)20-13(2)25-17-11-14(19-9-6-10-29-19)12-18(26)22(17)21(20)15-7-4-5-8-16(15)24/h4-10,14,21,25H,3,11-12H2,1-2H3/t14-,21+/m1/s1. The third-order valence-corrected chi connectivity index (χ3v) is 5.83. The van der Waals surface area contributed by atoms with Gasteiger partial charge in [-0.2, -0.15) is 0 Å². The number of allylic oxidation sites excluding steroid dienone is 3. The molecule has 0 saturated heterocycles. The number of esters is 1. The van der Waals surface area contributed by atoms with Gasteiger partial charge in [0.25, 0.3) is 0 Å². The lowest BCUT2D eigenvalue weighted by Crippen LogP contribution is -2.36. The number of halogens is 1. The van der Waals surface area contributed by atoms with Gasteiger partial charge in [0, 0.05) is 40.2 Å². The van der Waals surface area contributed by atoms with Crippen LogP contribution in [0.5, 0.6) is 0 Å². The number of carbonyl (C=O) groups is 2. The summed E-state index contributed by atoms with van der Waals surface area (Å²) in [7, 11) is 0. The number of furan rings is 1. The fraction of sp³-hybridized carbons (Fsp3) is 0.304. The molecule has 2 aliphatic rings. The van der Waals surface area contributed by atoms with Gasteiger partial charge in [-0.05, 0) is 44.0 Å². The minimum absolute atomic E-state index is 0.0145. The number of rotatable bonds is 4. The molecule has 4 rings (SSSR count). The van der Waals surface area contributed by atoms with Gasteiger partial charge in [-0.3, -0.25) is 4.79 Å². The summed E-state index contributed by atoms with van der Waals surface area (Å²) >= 11 is 6.50. The molecule has 0 unspecified atom stereocenters. The molecule has 150 valence electrons. The van der Waals surface area contributed by atoms with Crippen LogP contribution in [0.2, 0.25) is 5.02 Å². The first-order chi connectivity index (χ1) is 14.0. The molecule has 1 aromatic carbocycles. The Morgan fingerprint density at radius 3 is 2.72 bits per heavy atom. The molecular formula is C23H22ClNO4. The van der Waals surface area contributed by atoms with E-state index >= 15 is 0 Å². The van der Waals surface area contributed by atoms with Crippen LogP contribution in [0.25, 0.3) is 0 Å². The molecule has 1 aliphatic heterocycles. The van der Waals surface area contributed by atoms with E-state index < -0.39 is 11.9 Å². The van der Waals surface area contributed by atoms with Crippen molar-refractivity contribution < 1.29 is 18.7 Å². The number of hydrogen-bond acceptors (Lipinski definition) is 5. The van der Waals surface area contributed by atoms with Crippen LogP contribution < -0.4 is 5.32 Å². The highest BCUT2D eigenvalue weighted by atomic mass is 35.5. The highest BCUT2D eigenvalue weighted by Crippen LogP contribution is 2.47. The van der Waals surface area contributed by atoms with Crippen molar-refractivity contribution in [1.29, 1.82) is 0 Å². The minimum Gasteiger partial charge on any atom is -0.469 e. The maximum Gasteiger partial charge on any atom is 0.336 e. The van der Waals surface area contributed by atoms with Gasteiger partial charge < -0.3 is 14.5 Å². The fourth-order valence-corrected chi connectivity index (χ4v) is 4.51. The monoisotopic (exact) mass is 411 g/mol. The van der Waals surface area contributed by atoms with Crippen molar-refractivity contribution in [3.8, 4) is 0 Å². The Labute approximate surface area is 174 Å². The van der Waals surface area contributed by atoms with Gasteiger partial charge in [0.2, 0.25) is 0 Å². The topological polar surface area (TPSA) is 68.5 Å². The number of ketones is 1. The van der Waals surface area contributed by atoms with Crippen LogP contribution in [-0.4, -0.2) is 18.4 Å². The summed E-state index contributed by atoms with van der Waals surface area (Å²) in [5, 5.41) is 3.82. The quantitative estimate of drug-likeness (QED) is 0.728. The largest absolute Gasteiger partial charge is 0.469 e. The zero-order valence-electron chi connectivity index (χ0n) is 16.3. The molecular weight excluding hydrogens is 390 g/mol. The Kier molecular flexibility index (Phi) is 5.33. The van der Waals surface area contributed by atoms with Gasteiger partial charge in [-0.1, -0.05) is 29.8 Å². The number of nitrogens with one attached hydrogen (secondary N) is 1. The molecule has 0 bridgehead atoms. The van der Waals surface area contributed by atoms with Gasteiger partial charge in [0.15, 0.2) is 5.78 Å². The number of carbonyl (C=O) groups excluding carboxylic acids is 2. The van der Waals surface area contributed by atoms with Crippen molar-refractivity contribution in [2.24, 2.45) is 0 Å². The molecule has 29 heavy (non-hydrogen) atoms. The van der Waals surface area contributed by atoms with Crippen molar-refractivity contribution in [3.05, 3.63) is 81.5 Å². The third-order valence-electron chi connectivity index (χ3n) is 5.48. The number of hydrogen-bond donors (Lipinski definition) is 1. The number of Topliss-reactive ketones (excluding diaryl/α,β-unsaturated/α-hetero) is 1. The van der Waals surface area contributed by atoms with E-state index in [0.717, 1.165) is 17.0 Å². The molecule has 6 heteroatoms. The van der Waals surface area contributed by atoms with Crippen LogP contribution in [0.4, 0.5) is 0 Å². The minimum atomic E-state index is -0.552. The SMILES string of the molecule is CCOC(=O)C1=C(C)NC2=C(C(=O)C[C@H](c3ccco3)C2)[C@H]1c1ccccc1Cl. The Morgan fingerprint density at radius 2 is 2.03 bits per heavy atom. The molecule has 5 nitrogen and oxygen atoms in total. The van der Waals surface area contributed by atoms with Crippen molar-refractivity contribution >= 4 is 23.4 Å². The summed E-state index contributed by atoms with van der Waals surface area (Å²) in [5.41, 5.74) is 3.26. The van der Waals surface area contributed by atoms with Crippen molar-refractivity contribution in [1.82, 2.24) is 5.32 Å². The predicted octanol–water partition coefficient (Wildman–Crippen LogP) is 4.86. The smallest absolute Gasteiger partial charge is 0.336 e. The molecule has 0 saturated carbocycles. The van der Waals surface area contributed by atoms with Crippen LogP contribution in [0.3, 0.4) is 0 Å². The summed E-state index contributed by atoms with van der Waals surface area (Å²) in [6.07, 6.45) is 2.57. The third kappa shape index (κ3) is 3.51. The van der Waals surface area contributed by atoms with E-state index in [2.05, 4.69) is 5.32 Å². The molecule has 0 amide bonds. The van der Waals surface area contributed by atoms with E-state index in [4.69, 9.17) is 20.8 Å². The average molecular weight is 412 g/mol. The number of ether oxygens (including phenoxy) is 1. The second kappa shape index (κ2) is 7.91. The molecule has 1 aliphatic carbocycles. The molecule has 0 radical (unpaired) electrons. The van der Waals surface area contributed by atoms with Gasteiger partial charge in [0.05, 0.1) is 18.4 Å². The van der Waals surface area contributed by atoms with E-state index in [1.165, 1.54) is 0 Å².